The number of nitrogens with two attached hydrogens (primary N) is 1. The van der Waals surface area contributed by atoms with E-state index in [-0.39, 0.29) is 5.54 Å². The molecule has 1 nitrogen and oxygen atoms in total. The minimum absolute atomic E-state index is 0.0225. The Kier molecular flexibility index (Phi) is 2.12. The van der Waals surface area contributed by atoms with E-state index in [1.807, 2.05) is 0 Å². The summed E-state index contributed by atoms with van der Waals surface area (Å²) in [6, 6.07) is 8.61. The normalized spacial score (nSPS) is 26.0. The number of fused-ring (bicyclic) bond motifs is 1. The van der Waals surface area contributed by atoms with Crippen LogP contribution in [-0.2, 0) is 12.0 Å². The van der Waals surface area contributed by atoms with Gasteiger partial charge in [0, 0.05) is 5.54 Å². The van der Waals surface area contributed by atoms with E-state index in [0.29, 0.717) is 0 Å². The molecule has 1 aromatic rings. The third-order valence-electron chi connectivity index (χ3n) is 3.09. The zero-order valence-corrected chi connectivity index (χ0v) is 8.22. The summed E-state index contributed by atoms with van der Waals surface area (Å²) in [6.07, 6.45) is 4.57. The Morgan fingerprint density at radius 2 is 2.15 bits per heavy atom. The van der Waals surface area contributed by atoms with Crippen LogP contribution in [0.3, 0.4) is 0 Å². The topological polar surface area (TPSA) is 26.0 Å². The highest BCUT2D eigenvalue weighted by Crippen LogP contribution is 2.37. The van der Waals surface area contributed by atoms with Crippen molar-refractivity contribution in [2.75, 3.05) is 0 Å². The Morgan fingerprint density at radius 3 is 2.92 bits per heavy atom. The van der Waals surface area contributed by atoms with E-state index in [4.69, 9.17) is 5.73 Å². The molecule has 0 fully saturated rings. The van der Waals surface area contributed by atoms with Crippen molar-refractivity contribution in [2.24, 2.45) is 5.73 Å². The van der Waals surface area contributed by atoms with E-state index in [1.165, 1.54) is 17.5 Å². The summed E-state index contributed by atoms with van der Waals surface area (Å²) >= 11 is 0. The minimum Gasteiger partial charge on any atom is -0.321 e. The number of aryl methyl sites for hydroxylation is 1. The van der Waals surface area contributed by atoms with E-state index in [0.717, 1.165) is 19.3 Å². The van der Waals surface area contributed by atoms with Gasteiger partial charge in [0.05, 0.1) is 0 Å². The molecule has 0 spiro atoms. The summed E-state index contributed by atoms with van der Waals surface area (Å²) in [5.74, 6) is 0. The molecule has 1 aliphatic rings. The third kappa shape index (κ3) is 1.37. The predicted molar refractivity (Wildman–Crippen MR) is 55.5 cm³/mol. The first-order chi connectivity index (χ1) is 6.26. The summed E-state index contributed by atoms with van der Waals surface area (Å²) in [5, 5.41) is 0. The summed E-state index contributed by atoms with van der Waals surface area (Å²) < 4.78 is 0. The highest BCUT2D eigenvalue weighted by Gasteiger charge is 2.33. The molecule has 0 aromatic heterocycles. The van der Waals surface area contributed by atoms with E-state index in [1.54, 1.807) is 0 Å². The lowest BCUT2D eigenvalue weighted by Gasteiger charge is -2.24. The molecule has 1 heteroatoms. The standard InChI is InChI=1S/C12H17N/c1-2-8-12(13)9-7-10-5-3-4-6-11(10)12/h3-6H,2,7-9,13H2,1H3. The molecule has 0 saturated carbocycles. The van der Waals surface area contributed by atoms with Gasteiger partial charge in [0.25, 0.3) is 0 Å². The number of benzene rings is 1. The first-order valence-electron chi connectivity index (χ1n) is 5.13. The van der Waals surface area contributed by atoms with Crippen molar-refractivity contribution in [1.82, 2.24) is 0 Å². The van der Waals surface area contributed by atoms with E-state index in [9.17, 15) is 0 Å². The fourth-order valence-corrected chi connectivity index (χ4v) is 2.42. The number of hydrogen-bond acceptors (Lipinski definition) is 1. The Hall–Kier alpha value is -0.820. The second-order valence-electron chi connectivity index (χ2n) is 4.06. The molecular weight excluding hydrogens is 158 g/mol. The quantitative estimate of drug-likeness (QED) is 0.734. The molecule has 2 N–H and O–H groups in total. The predicted octanol–water partition coefficient (Wildman–Crippen LogP) is 2.59. The van der Waals surface area contributed by atoms with Crippen molar-refractivity contribution >= 4 is 0 Å². The van der Waals surface area contributed by atoms with Crippen molar-refractivity contribution in [3.05, 3.63) is 35.4 Å². The second-order valence-corrected chi connectivity index (χ2v) is 4.06. The van der Waals surface area contributed by atoms with Gasteiger partial charge in [0.1, 0.15) is 0 Å². The Bertz CT molecular complexity index is 302. The van der Waals surface area contributed by atoms with Crippen molar-refractivity contribution < 1.29 is 0 Å². The van der Waals surface area contributed by atoms with Gasteiger partial charge in [-0.2, -0.15) is 0 Å². The van der Waals surface area contributed by atoms with Gasteiger partial charge < -0.3 is 5.73 Å². The van der Waals surface area contributed by atoms with Crippen LogP contribution in [0.1, 0.15) is 37.3 Å². The zero-order chi connectivity index (χ0) is 9.31. The minimum atomic E-state index is -0.0225. The molecule has 2 rings (SSSR count). The maximum Gasteiger partial charge on any atom is 0.0415 e. The first-order valence-corrected chi connectivity index (χ1v) is 5.13. The molecule has 1 unspecified atom stereocenters. The van der Waals surface area contributed by atoms with Crippen LogP contribution in [0.25, 0.3) is 0 Å². The lowest BCUT2D eigenvalue weighted by molar-refractivity contribution is 0.402. The lowest BCUT2D eigenvalue weighted by atomic mass is 9.88. The SMILES string of the molecule is CCCC1(N)CCc2ccccc21. The van der Waals surface area contributed by atoms with Crippen LogP contribution in [0.5, 0.6) is 0 Å². The van der Waals surface area contributed by atoms with Crippen LogP contribution < -0.4 is 5.73 Å². The zero-order valence-electron chi connectivity index (χ0n) is 8.22. The van der Waals surface area contributed by atoms with Gasteiger partial charge in [-0.25, -0.2) is 0 Å². The largest absolute Gasteiger partial charge is 0.321 e. The Balaban J connectivity index is 2.37. The third-order valence-corrected chi connectivity index (χ3v) is 3.09. The smallest absolute Gasteiger partial charge is 0.0415 e. The summed E-state index contributed by atoms with van der Waals surface area (Å²) in [6.45, 7) is 2.20. The molecule has 0 radical (unpaired) electrons. The van der Waals surface area contributed by atoms with Crippen LogP contribution in [0, 0.1) is 0 Å². The average Bonchev–Trinajstić information content (AvgIpc) is 2.46. The molecule has 0 amide bonds. The van der Waals surface area contributed by atoms with Crippen LogP contribution in [0.4, 0.5) is 0 Å². The molecule has 0 saturated heterocycles. The second kappa shape index (κ2) is 3.15. The number of rotatable bonds is 2. The highest BCUT2D eigenvalue weighted by atomic mass is 14.8. The molecule has 70 valence electrons. The average molecular weight is 175 g/mol. The van der Waals surface area contributed by atoms with Crippen molar-refractivity contribution in [3.63, 3.8) is 0 Å². The maximum atomic E-state index is 6.38. The molecule has 0 aliphatic heterocycles. The van der Waals surface area contributed by atoms with Crippen LogP contribution in [0.2, 0.25) is 0 Å². The molecule has 1 atom stereocenters. The van der Waals surface area contributed by atoms with Gasteiger partial charge in [-0.1, -0.05) is 37.6 Å². The van der Waals surface area contributed by atoms with Crippen molar-refractivity contribution in [3.8, 4) is 0 Å². The fraction of sp³-hybridized carbons (Fsp3) is 0.500. The van der Waals surface area contributed by atoms with Gasteiger partial charge in [-0.05, 0) is 30.4 Å². The fourth-order valence-electron chi connectivity index (χ4n) is 2.42. The Labute approximate surface area is 80.0 Å². The number of hydrogen-bond donors (Lipinski definition) is 1. The van der Waals surface area contributed by atoms with Crippen molar-refractivity contribution in [2.45, 2.75) is 38.1 Å². The van der Waals surface area contributed by atoms with E-state index in [2.05, 4.69) is 31.2 Å². The van der Waals surface area contributed by atoms with Gasteiger partial charge in [-0.15, -0.1) is 0 Å². The molecule has 0 heterocycles. The van der Waals surface area contributed by atoms with Gasteiger partial charge in [-0.3, -0.25) is 0 Å². The molecular formula is C12H17N. The first kappa shape index (κ1) is 8.76. The molecule has 1 aromatic carbocycles. The molecule has 1 aliphatic carbocycles. The highest BCUT2D eigenvalue weighted by molar-refractivity contribution is 5.38. The summed E-state index contributed by atoms with van der Waals surface area (Å²) in [7, 11) is 0. The Morgan fingerprint density at radius 1 is 1.38 bits per heavy atom. The van der Waals surface area contributed by atoms with E-state index < -0.39 is 0 Å². The van der Waals surface area contributed by atoms with Gasteiger partial charge in [0.2, 0.25) is 0 Å². The van der Waals surface area contributed by atoms with Gasteiger partial charge >= 0.3 is 0 Å². The van der Waals surface area contributed by atoms with Crippen molar-refractivity contribution in [1.29, 1.82) is 0 Å². The van der Waals surface area contributed by atoms with Crippen LogP contribution >= 0.6 is 0 Å². The summed E-state index contributed by atoms with van der Waals surface area (Å²) in [4.78, 5) is 0. The van der Waals surface area contributed by atoms with Crippen LogP contribution in [-0.4, -0.2) is 0 Å². The molecule has 13 heavy (non-hydrogen) atoms. The summed E-state index contributed by atoms with van der Waals surface area (Å²) in [5.41, 5.74) is 9.20. The lowest BCUT2D eigenvalue weighted by Crippen LogP contribution is -2.33. The monoisotopic (exact) mass is 175 g/mol. The van der Waals surface area contributed by atoms with Crippen LogP contribution in [0.15, 0.2) is 24.3 Å². The molecule has 0 bridgehead atoms. The maximum absolute atomic E-state index is 6.38. The van der Waals surface area contributed by atoms with E-state index >= 15 is 0 Å². The van der Waals surface area contributed by atoms with Gasteiger partial charge in [0.15, 0.2) is 0 Å².